The maximum absolute atomic E-state index is 12.8. The molecular formula is C31H44N2O2. The minimum Gasteiger partial charge on any atom is -0.446 e. The van der Waals surface area contributed by atoms with Crippen molar-refractivity contribution in [3.8, 4) is 0 Å². The zero-order valence-corrected chi connectivity index (χ0v) is 22.3. The van der Waals surface area contributed by atoms with Gasteiger partial charge in [0.15, 0.2) is 0 Å². The summed E-state index contributed by atoms with van der Waals surface area (Å²) in [5.41, 5.74) is 4.95. The molecule has 190 valence electrons. The van der Waals surface area contributed by atoms with E-state index < -0.39 is 0 Å². The van der Waals surface area contributed by atoms with Crippen LogP contribution in [0.5, 0.6) is 0 Å². The standard InChI is InChI=1S/C31H44N2O2/c1-5-18-33(19-6-2)29(34)35-24-13-15-30(3)23(20-24)9-10-25-27-12-11-26(22-8-7-17-32-21-22)31(27,4)16-14-28(25)30/h7-9,11,17,21,24-25,27-28H,5-6,10,12-16,18-20H2,1-4H3. The summed E-state index contributed by atoms with van der Waals surface area (Å²) < 4.78 is 6.07. The van der Waals surface area contributed by atoms with Crippen molar-refractivity contribution in [2.45, 2.75) is 91.6 Å². The average Bonchev–Trinajstić information content (AvgIpc) is 3.22. The number of carbonyl (C=O) groups is 1. The zero-order valence-electron chi connectivity index (χ0n) is 22.3. The Kier molecular flexibility index (Phi) is 6.85. The fraction of sp³-hybridized carbons (Fsp3) is 0.677. The molecule has 1 amide bonds. The first-order valence-electron chi connectivity index (χ1n) is 14.2. The van der Waals surface area contributed by atoms with E-state index >= 15 is 0 Å². The Morgan fingerprint density at radius 1 is 1.06 bits per heavy atom. The van der Waals surface area contributed by atoms with E-state index in [9.17, 15) is 4.79 Å². The van der Waals surface area contributed by atoms with Crippen LogP contribution in [-0.2, 0) is 4.74 Å². The Balaban J connectivity index is 1.30. The number of amides is 1. The molecule has 0 N–H and O–H groups in total. The summed E-state index contributed by atoms with van der Waals surface area (Å²) in [5.74, 6) is 2.21. The Morgan fingerprint density at radius 3 is 2.54 bits per heavy atom. The van der Waals surface area contributed by atoms with E-state index in [0.29, 0.717) is 0 Å². The maximum Gasteiger partial charge on any atom is 0.410 e. The number of allylic oxidation sites excluding steroid dienone is 3. The molecule has 35 heavy (non-hydrogen) atoms. The second-order valence-electron chi connectivity index (χ2n) is 12.0. The second-order valence-corrected chi connectivity index (χ2v) is 12.0. The van der Waals surface area contributed by atoms with E-state index in [2.05, 4.69) is 63.2 Å². The highest BCUT2D eigenvalue weighted by molar-refractivity contribution is 5.72. The largest absolute Gasteiger partial charge is 0.446 e. The number of hydrogen-bond acceptors (Lipinski definition) is 3. The van der Waals surface area contributed by atoms with Gasteiger partial charge >= 0.3 is 6.09 Å². The summed E-state index contributed by atoms with van der Waals surface area (Å²) in [6, 6.07) is 4.31. The zero-order chi connectivity index (χ0) is 24.6. The number of hydrogen-bond donors (Lipinski definition) is 0. The van der Waals surface area contributed by atoms with Crippen molar-refractivity contribution in [1.82, 2.24) is 9.88 Å². The summed E-state index contributed by atoms with van der Waals surface area (Å²) in [6.07, 6.45) is 18.9. The molecule has 5 rings (SSSR count). The molecule has 0 saturated heterocycles. The molecular weight excluding hydrogens is 432 g/mol. The van der Waals surface area contributed by atoms with Crippen molar-refractivity contribution in [3.63, 3.8) is 0 Å². The van der Waals surface area contributed by atoms with Crippen LogP contribution in [0.2, 0.25) is 0 Å². The van der Waals surface area contributed by atoms with Crippen LogP contribution >= 0.6 is 0 Å². The van der Waals surface area contributed by atoms with E-state index in [0.717, 1.165) is 62.9 Å². The van der Waals surface area contributed by atoms with Crippen molar-refractivity contribution in [3.05, 3.63) is 47.8 Å². The number of ether oxygens (including phenoxy) is 1. The Labute approximate surface area is 212 Å². The summed E-state index contributed by atoms with van der Waals surface area (Å²) in [5, 5.41) is 0. The molecule has 0 aromatic carbocycles. The van der Waals surface area contributed by atoms with Crippen molar-refractivity contribution in [2.24, 2.45) is 28.6 Å². The van der Waals surface area contributed by atoms with Crippen molar-refractivity contribution < 1.29 is 9.53 Å². The third-order valence-electron chi connectivity index (χ3n) is 10.1. The highest BCUT2D eigenvalue weighted by atomic mass is 16.6. The maximum atomic E-state index is 12.8. The molecule has 2 fully saturated rings. The number of pyridine rings is 1. The molecule has 4 nitrogen and oxygen atoms in total. The molecule has 4 heteroatoms. The fourth-order valence-corrected chi connectivity index (χ4v) is 8.32. The summed E-state index contributed by atoms with van der Waals surface area (Å²) >= 11 is 0. The highest BCUT2D eigenvalue weighted by Gasteiger charge is 2.57. The highest BCUT2D eigenvalue weighted by Crippen LogP contribution is 2.66. The molecule has 0 aliphatic heterocycles. The van der Waals surface area contributed by atoms with E-state index in [1.54, 1.807) is 5.57 Å². The van der Waals surface area contributed by atoms with Gasteiger partial charge in [-0.3, -0.25) is 4.98 Å². The van der Waals surface area contributed by atoms with Crippen molar-refractivity contribution in [1.29, 1.82) is 0 Å². The van der Waals surface area contributed by atoms with E-state index in [-0.39, 0.29) is 23.0 Å². The second kappa shape index (κ2) is 9.75. The van der Waals surface area contributed by atoms with Gasteiger partial charge in [-0.15, -0.1) is 0 Å². The molecule has 4 aliphatic carbocycles. The van der Waals surface area contributed by atoms with Gasteiger partial charge in [0.05, 0.1) is 0 Å². The number of carbonyl (C=O) groups excluding carboxylic acids is 1. The number of fused-ring (bicyclic) bond motifs is 5. The van der Waals surface area contributed by atoms with Gasteiger partial charge < -0.3 is 9.64 Å². The monoisotopic (exact) mass is 476 g/mol. The van der Waals surface area contributed by atoms with Crippen LogP contribution in [0.15, 0.2) is 42.3 Å². The van der Waals surface area contributed by atoms with Gasteiger partial charge in [0.1, 0.15) is 6.10 Å². The molecule has 1 aromatic rings. The first-order valence-corrected chi connectivity index (χ1v) is 14.2. The fourth-order valence-electron chi connectivity index (χ4n) is 8.32. The van der Waals surface area contributed by atoms with Crippen LogP contribution in [0.3, 0.4) is 0 Å². The van der Waals surface area contributed by atoms with Gasteiger partial charge in [-0.25, -0.2) is 4.79 Å². The quantitative estimate of drug-likeness (QED) is 0.396. The lowest BCUT2D eigenvalue weighted by molar-refractivity contribution is -0.0294. The average molecular weight is 477 g/mol. The number of nitrogens with zero attached hydrogens (tertiary/aromatic N) is 2. The number of aromatic nitrogens is 1. The van der Waals surface area contributed by atoms with Gasteiger partial charge in [-0.1, -0.05) is 51.5 Å². The summed E-state index contributed by atoms with van der Waals surface area (Å²) in [7, 11) is 0. The lowest BCUT2D eigenvalue weighted by Crippen LogP contribution is -2.50. The molecule has 2 saturated carbocycles. The third-order valence-corrected chi connectivity index (χ3v) is 10.1. The first kappa shape index (κ1) is 24.6. The molecule has 6 unspecified atom stereocenters. The minimum atomic E-state index is -0.106. The Hall–Kier alpha value is -2.10. The molecule has 0 bridgehead atoms. The smallest absolute Gasteiger partial charge is 0.410 e. The lowest BCUT2D eigenvalue weighted by Gasteiger charge is -2.57. The van der Waals surface area contributed by atoms with Crippen LogP contribution in [0.25, 0.3) is 5.57 Å². The summed E-state index contributed by atoms with van der Waals surface area (Å²) in [6.45, 7) is 10.9. The van der Waals surface area contributed by atoms with Crippen LogP contribution < -0.4 is 0 Å². The van der Waals surface area contributed by atoms with E-state index in [1.807, 2.05) is 11.1 Å². The van der Waals surface area contributed by atoms with Gasteiger partial charge in [0.2, 0.25) is 0 Å². The third kappa shape index (κ3) is 4.25. The van der Waals surface area contributed by atoms with Crippen LogP contribution in [-0.4, -0.2) is 35.2 Å². The normalized spacial score (nSPS) is 35.8. The van der Waals surface area contributed by atoms with E-state index in [4.69, 9.17) is 4.74 Å². The predicted octanol–water partition coefficient (Wildman–Crippen LogP) is 7.66. The van der Waals surface area contributed by atoms with Gasteiger partial charge in [0.25, 0.3) is 0 Å². The molecule has 1 heterocycles. The Morgan fingerprint density at radius 2 is 1.83 bits per heavy atom. The lowest BCUT2D eigenvalue weighted by atomic mass is 9.47. The topological polar surface area (TPSA) is 42.4 Å². The van der Waals surface area contributed by atoms with Crippen LogP contribution in [0.1, 0.15) is 91.0 Å². The van der Waals surface area contributed by atoms with E-state index in [1.165, 1.54) is 36.8 Å². The van der Waals surface area contributed by atoms with Gasteiger partial charge in [-0.2, -0.15) is 0 Å². The Bertz CT molecular complexity index is 979. The molecule has 0 spiro atoms. The first-order chi connectivity index (χ1) is 16.9. The van der Waals surface area contributed by atoms with Crippen LogP contribution in [0, 0.1) is 28.6 Å². The minimum absolute atomic E-state index is 0.0359. The molecule has 6 atom stereocenters. The molecule has 1 aromatic heterocycles. The van der Waals surface area contributed by atoms with Crippen molar-refractivity contribution in [2.75, 3.05) is 13.1 Å². The van der Waals surface area contributed by atoms with Gasteiger partial charge in [-0.05, 0) is 97.2 Å². The SMILES string of the molecule is CCCN(CCC)C(=O)OC1CCC2(C)C(=CCC3C2CCC2(C)C(c4cccnc4)=CCC32)C1. The predicted molar refractivity (Wildman–Crippen MR) is 142 cm³/mol. The van der Waals surface area contributed by atoms with Crippen molar-refractivity contribution >= 4 is 11.7 Å². The van der Waals surface area contributed by atoms with Crippen LogP contribution in [0.4, 0.5) is 4.79 Å². The summed E-state index contributed by atoms with van der Waals surface area (Å²) in [4.78, 5) is 19.2. The molecule has 0 radical (unpaired) electrons. The van der Waals surface area contributed by atoms with Gasteiger partial charge in [0, 0.05) is 31.9 Å². The molecule has 4 aliphatic rings. The number of rotatable bonds is 6.